The van der Waals surface area contributed by atoms with Crippen molar-refractivity contribution in [1.82, 2.24) is 5.32 Å². The van der Waals surface area contributed by atoms with Crippen molar-refractivity contribution in [2.75, 3.05) is 6.54 Å². The standard InChI is InChI=1S/C22H33NO3/c1-5-21(3)10-9-16-15(12-21)6-7-17-19(16)14(2)8-11-22(17,4)20(26)23-13-18(24)25/h5,9,14-15,17,19H,1,6-8,10-13H2,2-4H3,(H,23,26)(H,24,25)/t14-,15?,17?,19+,21+,22-/m0/s1. The Morgan fingerprint density at radius 2 is 2.08 bits per heavy atom. The Bertz CT molecular complexity index is 639. The van der Waals surface area contributed by atoms with E-state index < -0.39 is 11.4 Å². The lowest BCUT2D eigenvalue weighted by atomic mass is 9.50. The number of allylic oxidation sites excluding steroid dienone is 3. The summed E-state index contributed by atoms with van der Waals surface area (Å²) in [6.07, 6.45) is 10.8. The van der Waals surface area contributed by atoms with Crippen molar-refractivity contribution in [2.24, 2.45) is 34.5 Å². The summed E-state index contributed by atoms with van der Waals surface area (Å²) in [5.74, 6) is 0.910. The van der Waals surface area contributed by atoms with Crippen LogP contribution in [0.15, 0.2) is 24.3 Å². The molecule has 26 heavy (non-hydrogen) atoms. The van der Waals surface area contributed by atoms with Crippen LogP contribution in [-0.2, 0) is 9.59 Å². The van der Waals surface area contributed by atoms with Crippen LogP contribution in [-0.4, -0.2) is 23.5 Å². The van der Waals surface area contributed by atoms with Gasteiger partial charge in [0.25, 0.3) is 0 Å². The predicted octanol–water partition coefficient (Wildman–Crippen LogP) is 4.18. The van der Waals surface area contributed by atoms with Gasteiger partial charge in [-0.2, -0.15) is 0 Å². The molecule has 0 aromatic rings. The van der Waals surface area contributed by atoms with Crippen LogP contribution in [0.1, 0.15) is 59.3 Å². The van der Waals surface area contributed by atoms with E-state index in [0.29, 0.717) is 23.7 Å². The van der Waals surface area contributed by atoms with Gasteiger partial charge in [-0.25, -0.2) is 0 Å². The molecule has 0 aliphatic heterocycles. The van der Waals surface area contributed by atoms with E-state index in [0.717, 1.165) is 32.1 Å². The molecule has 4 nitrogen and oxygen atoms in total. The Balaban J connectivity index is 1.87. The molecule has 0 bridgehead atoms. The van der Waals surface area contributed by atoms with Gasteiger partial charge in [-0.1, -0.05) is 38.5 Å². The molecule has 144 valence electrons. The molecule has 6 atom stereocenters. The Labute approximate surface area is 157 Å². The summed E-state index contributed by atoms with van der Waals surface area (Å²) < 4.78 is 0. The SMILES string of the molecule is C=C[C@]1(C)CC=C2C(CCC3[C@@H]2[C@@H](C)CC[C@]3(C)C(=O)NCC(=O)O)C1. The molecule has 2 saturated carbocycles. The number of hydrogen-bond acceptors (Lipinski definition) is 2. The zero-order chi connectivity index (χ0) is 19.1. The highest BCUT2D eigenvalue weighted by atomic mass is 16.4. The first-order valence-electron chi connectivity index (χ1n) is 10.0. The normalized spacial score (nSPS) is 42.0. The van der Waals surface area contributed by atoms with Crippen molar-refractivity contribution >= 4 is 11.9 Å². The van der Waals surface area contributed by atoms with Gasteiger partial charge >= 0.3 is 5.97 Å². The summed E-state index contributed by atoms with van der Waals surface area (Å²) in [6, 6.07) is 0. The first kappa shape index (κ1) is 19.2. The lowest BCUT2D eigenvalue weighted by Crippen LogP contribution is -2.53. The molecule has 3 aliphatic rings. The third kappa shape index (κ3) is 3.23. The second-order valence-electron chi connectivity index (χ2n) is 9.39. The van der Waals surface area contributed by atoms with E-state index >= 15 is 0 Å². The molecule has 0 aromatic heterocycles. The molecule has 0 saturated heterocycles. The summed E-state index contributed by atoms with van der Waals surface area (Å²) >= 11 is 0. The second-order valence-corrected chi connectivity index (χ2v) is 9.39. The van der Waals surface area contributed by atoms with E-state index in [1.54, 1.807) is 5.57 Å². The smallest absolute Gasteiger partial charge is 0.322 e. The van der Waals surface area contributed by atoms with Crippen molar-refractivity contribution in [3.05, 3.63) is 24.3 Å². The summed E-state index contributed by atoms with van der Waals surface area (Å²) in [6.45, 7) is 10.4. The van der Waals surface area contributed by atoms with Crippen LogP contribution in [0.5, 0.6) is 0 Å². The highest BCUT2D eigenvalue weighted by molar-refractivity contribution is 5.86. The molecule has 3 rings (SSSR count). The summed E-state index contributed by atoms with van der Waals surface area (Å²) in [5.41, 5.74) is 1.31. The van der Waals surface area contributed by atoms with E-state index in [4.69, 9.17) is 5.11 Å². The minimum Gasteiger partial charge on any atom is -0.480 e. The lowest BCUT2D eigenvalue weighted by molar-refractivity contribution is -0.144. The van der Waals surface area contributed by atoms with Crippen LogP contribution < -0.4 is 5.32 Å². The minimum absolute atomic E-state index is 0.0763. The van der Waals surface area contributed by atoms with Gasteiger partial charge in [-0.3, -0.25) is 9.59 Å². The molecule has 0 aromatic carbocycles. The maximum Gasteiger partial charge on any atom is 0.322 e. The van der Waals surface area contributed by atoms with Gasteiger partial charge in [0.2, 0.25) is 5.91 Å². The van der Waals surface area contributed by atoms with Crippen LogP contribution >= 0.6 is 0 Å². The topological polar surface area (TPSA) is 66.4 Å². The van der Waals surface area contributed by atoms with E-state index in [-0.39, 0.29) is 17.9 Å². The van der Waals surface area contributed by atoms with Crippen molar-refractivity contribution in [2.45, 2.75) is 59.3 Å². The number of carbonyl (C=O) groups is 2. The Kier molecular flexibility index (Phi) is 5.06. The van der Waals surface area contributed by atoms with Gasteiger partial charge in [-0.15, -0.1) is 6.58 Å². The van der Waals surface area contributed by atoms with E-state index in [1.807, 2.05) is 0 Å². The number of hydrogen-bond donors (Lipinski definition) is 2. The number of carbonyl (C=O) groups excluding carboxylic acids is 1. The number of fused-ring (bicyclic) bond motifs is 3. The molecular formula is C22H33NO3. The van der Waals surface area contributed by atoms with Gasteiger partial charge in [0.1, 0.15) is 6.54 Å². The Hall–Kier alpha value is -1.58. The third-order valence-electron chi connectivity index (χ3n) is 7.59. The zero-order valence-corrected chi connectivity index (χ0v) is 16.4. The first-order valence-corrected chi connectivity index (χ1v) is 10.0. The van der Waals surface area contributed by atoms with Crippen molar-refractivity contribution in [3.8, 4) is 0 Å². The summed E-state index contributed by atoms with van der Waals surface area (Å²) in [7, 11) is 0. The average molecular weight is 360 g/mol. The zero-order valence-electron chi connectivity index (χ0n) is 16.4. The third-order valence-corrected chi connectivity index (χ3v) is 7.59. The summed E-state index contributed by atoms with van der Waals surface area (Å²) in [5, 5.41) is 11.6. The molecule has 2 unspecified atom stereocenters. The highest BCUT2D eigenvalue weighted by Crippen LogP contribution is 2.59. The van der Waals surface area contributed by atoms with Gasteiger partial charge in [-0.05, 0) is 67.6 Å². The minimum atomic E-state index is -0.981. The average Bonchev–Trinajstić information content (AvgIpc) is 2.62. The number of aliphatic carboxylic acids is 1. The van der Waals surface area contributed by atoms with Crippen LogP contribution in [0, 0.1) is 34.5 Å². The van der Waals surface area contributed by atoms with Gasteiger partial charge < -0.3 is 10.4 Å². The highest BCUT2D eigenvalue weighted by Gasteiger charge is 2.53. The fourth-order valence-corrected chi connectivity index (χ4v) is 5.89. The molecule has 3 aliphatic carbocycles. The van der Waals surface area contributed by atoms with Crippen LogP contribution in [0.3, 0.4) is 0 Å². The van der Waals surface area contributed by atoms with Gasteiger partial charge in [0.15, 0.2) is 0 Å². The number of amides is 1. The molecule has 4 heteroatoms. The Morgan fingerprint density at radius 3 is 2.73 bits per heavy atom. The number of rotatable bonds is 4. The quantitative estimate of drug-likeness (QED) is 0.740. The maximum atomic E-state index is 12.9. The molecular weight excluding hydrogens is 326 g/mol. The number of carboxylic acid groups (broad SMARTS) is 1. The van der Waals surface area contributed by atoms with E-state index in [2.05, 4.69) is 44.8 Å². The van der Waals surface area contributed by atoms with Crippen molar-refractivity contribution < 1.29 is 14.7 Å². The largest absolute Gasteiger partial charge is 0.480 e. The monoisotopic (exact) mass is 359 g/mol. The van der Waals surface area contributed by atoms with E-state index in [1.165, 1.54) is 6.42 Å². The van der Waals surface area contributed by atoms with E-state index in [9.17, 15) is 9.59 Å². The van der Waals surface area contributed by atoms with Gasteiger partial charge in [0, 0.05) is 5.41 Å². The van der Waals surface area contributed by atoms with Crippen LogP contribution in [0.4, 0.5) is 0 Å². The summed E-state index contributed by atoms with van der Waals surface area (Å²) in [4.78, 5) is 23.8. The molecule has 1 amide bonds. The van der Waals surface area contributed by atoms with Crippen LogP contribution in [0.2, 0.25) is 0 Å². The molecule has 0 spiro atoms. The molecule has 0 radical (unpaired) electrons. The molecule has 2 fully saturated rings. The maximum absolute atomic E-state index is 12.9. The fourth-order valence-electron chi connectivity index (χ4n) is 5.89. The number of carboxylic acids is 1. The molecule has 2 N–H and O–H groups in total. The fraction of sp³-hybridized carbons (Fsp3) is 0.727. The Morgan fingerprint density at radius 1 is 1.35 bits per heavy atom. The first-order chi connectivity index (χ1) is 12.2. The molecule has 0 heterocycles. The van der Waals surface area contributed by atoms with Crippen molar-refractivity contribution in [1.29, 1.82) is 0 Å². The predicted molar refractivity (Wildman–Crippen MR) is 102 cm³/mol. The van der Waals surface area contributed by atoms with Crippen molar-refractivity contribution in [3.63, 3.8) is 0 Å². The van der Waals surface area contributed by atoms with Gasteiger partial charge in [0.05, 0.1) is 0 Å². The number of nitrogens with one attached hydrogen (secondary N) is 1. The van der Waals surface area contributed by atoms with Crippen LogP contribution in [0.25, 0.3) is 0 Å². The second kappa shape index (κ2) is 6.86. The lowest BCUT2D eigenvalue weighted by Gasteiger charge is -2.55.